The van der Waals surface area contributed by atoms with Gasteiger partial charge in [0.2, 0.25) is 0 Å². The molecule has 5 nitrogen and oxygen atoms in total. The molecule has 1 saturated carbocycles. The van der Waals surface area contributed by atoms with Gasteiger partial charge in [-0.05, 0) is 19.8 Å². The summed E-state index contributed by atoms with van der Waals surface area (Å²) in [5.74, 6) is 0.211. The van der Waals surface area contributed by atoms with Gasteiger partial charge in [0, 0.05) is 6.54 Å². The highest BCUT2D eigenvalue weighted by Gasteiger charge is 2.31. The van der Waals surface area contributed by atoms with Crippen LogP contribution < -0.4 is 5.32 Å². The van der Waals surface area contributed by atoms with E-state index in [1.807, 2.05) is 0 Å². The smallest absolute Gasteiger partial charge is 0.273 e. The summed E-state index contributed by atoms with van der Waals surface area (Å²) >= 11 is 0. The monoisotopic (exact) mass is 224 g/mol. The SMILES string of the molecule is Cc1ocnc1C(=O)NCC1(O)CCCC1. The molecule has 0 unspecified atom stereocenters. The summed E-state index contributed by atoms with van der Waals surface area (Å²) in [7, 11) is 0. The summed E-state index contributed by atoms with van der Waals surface area (Å²) in [6.07, 6.45) is 4.80. The third-order valence-corrected chi connectivity index (χ3v) is 3.07. The number of rotatable bonds is 3. The van der Waals surface area contributed by atoms with Gasteiger partial charge >= 0.3 is 0 Å². The number of oxazole rings is 1. The van der Waals surface area contributed by atoms with Crippen LogP contribution in [0.3, 0.4) is 0 Å². The van der Waals surface area contributed by atoms with Gasteiger partial charge < -0.3 is 14.8 Å². The van der Waals surface area contributed by atoms with E-state index in [-0.39, 0.29) is 12.5 Å². The van der Waals surface area contributed by atoms with Crippen molar-refractivity contribution in [3.05, 3.63) is 17.8 Å². The fourth-order valence-corrected chi connectivity index (χ4v) is 2.06. The van der Waals surface area contributed by atoms with Gasteiger partial charge in [0.15, 0.2) is 12.1 Å². The van der Waals surface area contributed by atoms with Crippen molar-refractivity contribution in [2.24, 2.45) is 0 Å². The summed E-state index contributed by atoms with van der Waals surface area (Å²) in [4.78, 5) is 15.5. The molecule has 1 aliphatic carbocycles. The van der Waals surface area contributed by atoms with Crippen LogP contribution in [0.4, 0.5) is 0 Å². The molecule has 0 bridgehead atoms. The van der Waals surface area contributed by atoms with Crippen molar-refractivity contribution < 1.29 is 14.3 Å². The number of carbonyl (C=O) groups excluding carboxylic acids is 1. The van der Waals surface area contributed by atoms with E-state index < -0.39 is 5.60 Å². The zero-order valence-electron chi connectivity index (χ0n) is 9.32. The van der Waals surface area contributed by atoms with Crippen LogP contribution in [0.2, 0.25) is 0 Å². The molecule has 5 heteroatoms. The predicted molar refractivity (Wildman–Crippen MR) is 57.0 cm³/mol. The summed E-state index contributed by atoms with van der Waals surface area (Å²) in [6.45, 7) is 1.98. The van der Waals surface area contributed by atoms with E-state index in [0.717, 1.165) is 25.7 Å². The van der Waals surface area contributed by atoms with Crippen LogP contribution in [-0.4, -0.2) is 28.1 Å². The summed E-state index contributed by atoms with van der Waals surface area (Å²) in [5.41, 5.74) is -0.436. The molecule has 0 radical (unpaired) electrons. The average molecular weight is 224 g/mol. The molecule has 1 aromatic heterocycles. The van der Waals surface area contributed by atoms with Crippen LogP contribution in [0.5, 0.6) is 0 Å². The number of nitrogens with one attached hydrogen (secondary N) is 1. The van der Waals surface area contributed by atoms with Gasteiger partial charge in [-0.15, -0.1) is 0 Å². The first-order chi connectivity index (χ1) is 7.61. The number of carbonyl (C=O) groups is 1. The normalized spacial score (nSPS) is 18.6. The molecule has 0 aliphatic heterocycles. The van der Waals surface area contributed by atoms with E-state index >= 15 is 0 Å². The second kappa shape index (κ2) is 4.25. The van der Waals surface area contributed by atoms with Crippen molar-refractivity contribution in [3.63, 3.8) is 0 Å². The Kier molecular flexibility index (Phi) is 2.96. The number of hydrogen-bond donors (Lipinski definition) is 2. The van der Waals surface area contributed by atoms with Crippen molar-refractivity contribution in [1.29, 1.82) is 0 Å². The van der Waals surface area contributed by atoms with Crippen molar-refractivity contribution in [2.75, 3.05) is 6.54 Å². The molecule has 0 spiro atoms. The van der Waals surface area contributed by atoms with Gasteiger partial charge in [-0.25, -0.2) is 4.98 Å². The lowest BCUT2D eigenvalue weighted by atomic mass is 10.0. The number of amides is 1. The Morgan fingerprint density at radius 2 is 2.31 bits per heavy atom. The molecule has 2 rings (SSSR count). The first-order valence-electron chi connectivity index (χ1n) is 5.51. The lowest BCUT2D eigenvalue weighted by Crippen LogP contribution is -2.41. The van der Waals surface area contributed by atoms with E-state index in [4.69, 9.17) is 4.42 Å². The largest absolute Gasteiger partial charge is 0.448 e. The highest BCUT2D eigenvalue weighted by molar-refractivity contribution is 5.93. The van der Waals surface area contributed by atoms with Crippen LogP contribution in [0.15, 0.2) is 10.8 Å². The van der Waals surface area contributed by atoms with Crippen molar-refractivity contribution in [2.45, 2.75) is 38.2 Å². The molecular weight excluding hydrogens is 208 g/mol. The molecule has 16 heavy (non-hydrogen) atoms. The quantitative estimate of drug-likeness (QED) is 0.803. The third kappa shape index (κ3) is 2.24. The zero-order valence-corrected chi connectivity index (χ0v) is 9.32. The minimum atomic E-state index is -0.729. The standard InChI is InChI=1S/C11H16N2O3/c1-8-9(13-7-16-8)10(14)12-6-11(15)4-2-3-5-11/h7,15H,2-6H2,1H3,(H,12,14). The van der Waals surface area contributed by atoms with E-state index in [0.29, 0.717) is 11.5 Å². The Bertz CT molecular complexity index is 380. The van der Waals surface area contributed by atoms with Crippen molar-refractivity contribution in [3.8, 4) is 0 Å². The molecule has 1 heterocycles. The van der Waals surface area contributed by atoms with Gasteiger partial charge in [-0.3, -0.25) is 4.79 Å². The molecule has 1 fully saturated rings. The molecule has 0 saturated heterocycles. The van der Waals surface area contributed by atoms with Crippen LogP contribution in [0.25, 0.3) is 0 Å². The molecule has 88 valence electrons. The molecule has 0 atom stereocenters. The lowest BCUT2D eigenvalue weighted by molar-refractivity contribution is 0.0448. The van der Waals surface area contributed by atoms with Gasteiger partial charge in [-0.1, -0.05) is 12.8 Å². The first-order valence-corrected chi connectivity index (χ1v) is 5.51. The minimum absolute atomic E-state index is 0.286. The second-order valence-corrected chi connectivity index (χ2v) is 4.37. The Labute approximate surface area is 93.9 Å². The molecule has 1 aliphatic rings. The van der Waals surface area contributed by atoms with Gasteiger partial charge in [0.1, 0.15) is 5.76 Å². The molecule has 2 N–H and O–H groups in total. The molecule has 1 amide bonds. The van der Waals surface area contributed by atoms with Gasteiger partial charge in [0.05, 0.1) is 5.60 Å². The van der Waals surface area contributed by atoms with Crippen LogP contribution in [0.1, 0.15) is 41.9 Å². The zero-order chi connectivity index (χ0) is 11.6. The summed E-state index contributed by atoms with van der Waals surface area (Å²) in [5, 5.41) is 12.7. The number of aryl methyl sites for hydroxylation is 1. The number of hydrogen-bond acceptors (Lipinski definition) is 4. The predicted octanol–water partition coefficient (Wildman–Crippen LogP) is 1.02. The highest BCUT2D eigenvalue weighted by Crippen LogP contribution is 2.28. The molecule has 1 aromatic rings. The third-order valence-electron chi connectivity index (χ3n) is 3.07. The summed E-state index contributed by atoms with van der Waals surface area (Å²) < 4.78 is 4.95. The Hall–Kier alpha value is -1.36. The maximum absolute atomic E-state index is 11.7. The topological polar surface area (TPSA) is 75.4 Å². The Morgan fingerprint density at radius 3 is 2.88 bits per heavy atom. The maximum atomic E-state index is 11.7. The fraction of sp³-hybridized carbons (Fsp3) is 0.636. The Balaban J connectivity index is 1.91. The number of aromatic nitrogens is 1. The van der Waals surface area contributed by atoms with E-state index in [2.05, 4.69) is 10.3 Å². The van der Waals surface area contributed by atoms with Crippen LogP contribution in [0, 0.1) is 6.92 Å². The van der Waals surface area contributed by atoms with Gasteiger partial charge in [0.25, 0.3) is 5.91 Å². The van der Waals surface area contributed by atoms with Crippen LogP contribution >= 0.6 is 0 Å². The number of aliphatic hydroxyl groups is 1. The minimum Gasteiger partial charge on any atom is -0.448 e. The lowest BCUT2D eigenvalue weighted by Gasteiger charge is -2.21. The average Bonchev–Trinajstić information content (AvgIpc) is 2.85. The van der Waals surface area contributed by atoms with Crippen molar-refractivity contribution >= 4 is 5.91 Å². The van der Waals surface area contributed by atoms with E-state index in [9.17, 15) is 9.90 Å². The van der Waals surface area contributed by atoms with E-state index in [1.54, 1.807) is 6.92 Å². The first kappa shape index (κ1) is 11.1. The van der Waals surface area contributed by atoms with Crippen LogP contribution in [-0.2, 0) is 0 Å². The van der Waals surface area contributed by atoms with Crippen molar-refractivity contribution in [1.82, 2.24) is 10.3 Å². The molecular formula is C11H16N2O3. The maximum Gasteiger partial charge on any atom is 0.273 e. The van der Waals surface area contributed by atoms with Gasteiger partial charge in [-0.2, -0.15) is 0 Å². The fourth-order valence-electron chi connectivity index (χ4n) is 2.06. The molecule has 0 aromatic carbocycles. The van der Waals surface area contributed by atoms with E-state index in [1.165, 1.54) is 6.39 Å². The summed E-state index contributed by atoms with van der Waals surface area (Å²) in [6, 6.07) is 0. The second-order valence-electron chi connectivity index (χ2n) is 4.37. The number of nitrogens with zero attached hydrogens (tertiary/aromatic N) is 1. The highest BCUT2D eigenvalue weighted by atomic mass is 16.3. The Morgan fingerprint density at radius 1 is 1.62 bits per heavy atom.